The summed E-state index contributed by atoms with van der Waals surface area (Å²) >= 11 is 1.59. The molecule has 0 spiro atoms. The topological polar surface area (TPSA) is 116 Å². The number of aryl methyl sites for hydroxylation is 1. The molecule has 3 N–H and O–H groups in total. The lowest BCUT2D eigenvalue weighted by molar-refractivity contribution is -0.144. The van der Waals surface area contributed by atoms with Crippen LogP contribution in [0.4, 0.5) is 5.82 Å². The molecule has 30 heavy (non-hydrogen) atoms. The molecule has 0 bridgehead atoms. The third kappa shape index (κ3) is 4.92. The van der Waals surface area contributed by atoms with Crippen LogP contribution < -0.4 is 10.2 Å². The quantitative estimate of drug-likeness (QED) is 0.505. The number of nitrogens with one attached hydrogen (secondary N) is 1. The maximum atomic E-state index is 12.2. The van der Waals surface area contributed by atoms with Gasteiger partial charge in [0.2, 0.25) is 5.91 Å². The first-order valence-electron chi connectivity index (χ1n) is 9.51. The summed E-state index contributed by atoms with van der Waals surface area (Å²) in [5, 5.41) is 21.9. The lowest BCUT2D eigenvalue weighted by atomic mass is 10.1. The average molecular weight is 429 g/mol. The van der Waals surface area contributed by atoms with Crippen molar-refractivity contribution in [2.24, 2.45) is 0 Å². The Morgan fingerprint density at radius 3 is 2.57 bits per heavy atom. The first-order valence-corrected chi connectivity index (χ1v) is 10.3. The molecule has 0 aliphatic heterocycles. The number of benzene rings is 1. The van der Waals surface area contributed by atoms with E-state index < -0.39 is 24.0 Å². The minimum atomic E-state index is -1.33. The second kappa shape index (κ2) is 9.19. The smallest absolute Gasteiger partial charge is 0.328 e. The molecule has 2 unspecified atom stereocenters. The fraction of sp³-hybridized carbons (Fsp3) is 0.333. The van der Waals surface area contributed by atoms with E-state index in [4.69, 9.17) is 5.11 Å². The molecule has 9 heteroatoms. The molecular formula is C21H24N4O4S. The van der Waals surface area contributed by atoms with Gasteiger partial charge in [-0.3, -0.25) is 4.79 Å². The number of hydrogen-bond acceptors (Lipinski definition) is 7. The summed E-state index contributed by atoms with van der Waals surface area (Å²) in [4.78, 5) is 36.2. The van der Waals surface area contributed by atoms with Gasteiger partial charge in [-0.1, -0.05) is 30.3 Å². The number of aromatic nitrogens is 2. The predicted octanol–water partition coefficient (Wildman–Crippen LogP) is 2.44. The van der Waals surface area contributed by atoms with Gasteiger partial charge >= 0.3 is 5.97 Å². The van der Waals surface area contributed by atoms with Crippen molar-refractivity contribution in [3.05, 3.63) is 42.2 Å². The van der Waals surface area contributed by atoms with Crippen LogP contribution in [0.3, 0.4) is 0 Å². The number of carbonyl (C=O) groups excluding carboxylic acids is 1. The molecule has 0 aliphatic rings. The Labute approximate surface area is 178 Å². The zero-order valence-corrected chi connectivity index (χ0v) is 17.8. The van der Waals surface area contributed by atoms with Crippen molar-refractivity contribution in [1.82, 2.24) is 15.3 Å². The van der Waals surface area contributed by atoms with Gasteiger partial charge in [0.1, 0.15) is 16.5 Å². The Hall–Kier alpha value is -3.04. The third-order valence-electron chi connectivity index (χ3n) is 4.64. The zero-order chi connectivity index (χ0) is 21.8. The molecule has 2 atom stereocenters. The maximum Gasteiger partial charge on any atom is 0.328 e. The van der Waals surface area contributed by atoms with Crippen molar-refractivity contribution < 1.29 is 19.8 Å². The highest BCUT2D eigenvalue weighted by Crippen LogP contribution is 2.36. The van der Waals surface area contributed by atoms with Crippen molar-refractivity contribution in [3.8, 4) is 10.4 Å². The zero-order valence-electron chi connectivity index (χ0n) is 17.0. The number of nitrogens with zero attached hydrogens (tertiary/aromatic N) is 3. The van der Waals surface area contributed by atoms with E-state index >= 15 is 0 Å². The number of anilines is 1. The lowest BCUT2D eigenvalue weighted by Gasteiger charge is -2.21. The number of fused-ring (bicyclic) bond motifs is 1. The maximum absolute atomic E-state index is 12.2. The van der Waals surface area contributed by atoms with Gasteiger partial charge in [-0.05, 0) is 25.5 Å². The molecule has 0 saturated carbocycles. The minimum absolute atomic E-state index is 0.0627. The first kappa shape index (κ1) is 21.7. The third-order valence-corrected chi connectivity index (χ3v) is 5.72. The number of aliphatic hydroxyl groups excluding tert-OH is 1. The molecule has 3 rings (SSSR count). The number of aliphatic carboxylic acids is 1. The Morgan fingerprint density at radius 1 is 1.23 bits per heavy atom. The van der Waals surface area contributed by atoms with Gasteiger partial charge in [0.25, 0.3) is 0 Å². The van der Waals surface area contributed by atoms with E-state index in [1.807, 2.05) is 49.2 Å². The van der Waals surface area contributed by atoms with Crippen molar-refractivity contribution in [1.29, 1.82) is 0 Å². The Bertz CT molecular complexity index is 1050. The van der Waals surface area contributed by atoms with Crippen molar-refractivity contribution in [2.45, 2.75) is 32.4 Å². The molecule has 3 aromatic rings. The van der Waals surface area contributed by atoms with Crippen LogP contribution in [-0.2, 0) is 9.59 Å². The molecule has 0 radical (unpaired) electrons. The van der Waals surface area contributed by atoms with Crippen LogP contribution in [0.1, 0.15) is 19.2 Å². The summed E-state index contributed by atoms with van der Waals surface area (Å²) in [5.74, 6) is -0.372. The van der Waals surface area contributed by atoms with Crippen LogP contribution >= 0.6 is 11.3 Å². The minimum Gasteiger partial charge on any atom is -0.480 e. The largest absolute Gasteiger partial charge is 0.480 e. The summed E-state index contributed by atoms with van der Waals surface area (Å²) in [7, 11) is 1.83. The van der Waals surface area contributed by atoms with E-state index in [0.29, 0.717) is 18.2 Å². The predicted molar refractivity (Wildman–Crippen MR) is 117 cm³/mol. The van der Waals surface area contributed by atoms with Crippen molar-refractivity contribution >= 4 is 39.2 Å². The van der Waals surface area contributed by atoms with E-state index in [1.54, 1.807) is 11.3 Å². The second-order valence-electron chi connectivity index (χ2n) is 7.09. The van der Waals surface area contributed by atoms with Gasteiger partial charge in [-0.2, -0.15) is 0 Å². The van der Waals surface area contributed by atoms with Crippen molar-refractivity contribution in [2.75, 3.05) is 18.5 Å². The highest BCUT2D eigenvalue weighted by molar-refractivity contribution is 7.21. The summed E-state index contributed by atoms with van der Waals surface area (Å²) in [5.41, 5.74) is 1.10. The van der Waals surface area contributed by atoms with E-state index in [-0.39, 0.29) is 6.42 Å². The summed E-state index contributed by atoms with van der Waals surface area (Å²) in [6.45, 7) is 3.48. The molecule has 1 aromatic carbocycles. The van der Waals surface area contributed by atoms with E-state index in [1.165, 1.54) is 6.92 Å². The van der Waals surface area contributed by atoms with Crippen LogP contribution in [0, 0.1) is 6.92 Å². The normalized spacial score (nSPS) is 13.1. The number of hydrogen-bond donors (Lipinski definition) is 3. The van der Waals surface area contributed by atoms with Gasteiger partial charge in [0, 0.05) is 24.9 Å². The highest BCUT2D eigenvalue weighted by Gasteiger charge is 2.25. The fourth-order valence-corrected chi connectivity index (χ4v) is 4.13. The number of carbonyl (C=O) groups is 2. The number of amides is 1. The number of carboxylic acid groups (broad SMARTS) is 1. The molecule has 158 valence electrons. The summed E-state index contributed by atoms with van der Waals surface area (Å²) < 4.78 is 0. The van der Waals surface area contributed by atoms with Gasteiger partial charge in [-0.15, -0.1) is 11.3 Å². The molecule has 2 heterocycles. The van der Waals surface area contributed by atoms with Crippen LogP contribution in [0.15, 0.2) is 36.4 Å². The van der Waals surface area contributed by atoms with Gasteiger partial charge in [0.15, 0.2) is 6.04 Å². The van der Waals surface area contributed by atoms with Crippen LogP contribution in [0.2, 0.25) is 0 Å². The second-order valence-corrected chi connectivity index (χ2v) is 8.12. The van der Waals surface area contributed by atoms with Crippen LogP contribution in [0.5, 0.6) is 0 Å². The monoisotopic (exact) mass is 428 g/mol. The van der Waals surface area contributed by atoms with Gasteiger partial charge in [-0.25, -0.2) is 14.8 Å². The molecule has 0 aliphatic carbocycles. The summed E-state index contributed by atoms with van der Waals surface area (Å²) in [6.07, 6.45) is -1.12. The lowest BCUT2D eigenvalue weighted by Crippen LogP contribution is -2.48. The van der Waals surface area contributed by atoms with E-state index in [0.717, 1.165) is 20.7 Å². The fourth-order valence-electron chi connectivity index (χ4n) is 3.06. The highest BCUT2D eigenvalue weighted by atomic mass is 32.1. The molecule has 0 fully saturated rings. The van der Waals surface area contributed by atoms with E-state index in [2.05, 4.69) is 21.4 Å². The van der Waals surface area contributed by atoms with Crippen molar-refractivity contribution in [3.63, 3.8) is 0 Å². The Kier molecular flexibility index (Phi) is 6.63. The number of thiophene rings is 1. The molecule has 2 aromatic heterocycles. The Balaban J connectivity index is 1.78. The molecule has 0 saturated heterocycles. The standard InChI is InChI=1S/C21H24N4O4S/c1-12(26)18(21(28)29)24-17(27)9-10-25(3)19-15-11-16(14-7-5-4-6-8-14)30-20(15)23-13(2)22-19/h4-8,11-12,18,26H,9-10H2,1-3H3,(H,24,27)(H,28,29). The Morgan fingerprint density at radius 2 is 1.93 bits per heavy atom. The number of carboxylic acids is 1. The average Bonchev–Trinajstić information content (AvgIpc) is 3.13. The van der Waals surface area contributed by atoms with Crippen LogP contribution in [-0.4, -0.2) is 57.8 Å². The molecule has 1 amide bonds. The van der Waals surface area contributed by atoms with Crippen LogP contribution in [0.25, 0.3) is 20.7 Å². The van der Waals surface area contributed by atoms with Gasteiger partial charge in [0.05, 0.1) is 11.5 Å². The SMILES string of the molecule is Cc1nc(N(C)CCC(=O)NC(C(=O)O)C(C)O)c2cc(-c3ccccc3)sc2n1. The van der Waals surface area contributed by atoms with Gasteiger partial charge < -0.3 is 20.4 Å². The first-order chi connectivity index (χ1) is 14.3. The molecular weight excluding hydrogens is 404 g/mol. The summed E-state index contributed by atoms with van der Waals surface area (Å²) in [6, 6.07) is 10.7. The number of aliphatic hydroxyl groups is 1. The molecule has 8 nitrogen and oxygen atoms in total. The van der Waals surface area contributed by atoms with E-state index in [9.17, 15) is 14.7 Å². The number of rotatable bonds is 8.